The van der Waals surface area contributed by atoms with Crippen molar-refractivity contribution in [3.8, 4) is 0 Å². The molecule has 0 aliphatic heterocycles. The molecule has 0 aromatic carbocycles. The van der Waals surface area contributed by atoms with Gasteiger partial charge in [0.05, 0.1) is 6.10 Å². The van der Waals surface area contributed by atoms with Crippen molar-refractivity contribution in [3.05, 3.63) is 12.7 Å². The van der Waals surface area contributed by atoms with Crippen molar-refractivity contribution in [2.45, 2.75) is 58.4 Å². The van der Waals surface area contributed by atoms with E-state index in [-0.39, 0.29) is 12.0 Å². The molecule has 0 radical (unpaired) electrons. The van der Waals surface area contributed by atoms with Gasteiger partial charge < -0.3 is 9.22 Å². The molecule has 0 aromatic heterocycles. The minimum Gasteiger partial charge on any atom is -0.413 e. The topological polar surface area (TPSA) is 26.3 Å². The smallest absolute Gasteiger partial charge is 0.192 e. The summed E-state index contributed by atoms with van der Waals surface area (Å²) in [4.78, 5) is 10.9. The summed E-state index contributed by atoms with van der Waals surface area (Å²) in [6, 6.07) is 3.37. The molecule has 0 fully saturated rings. The molecular formula is C13H26O2Si. The molecule has 0 aliphatic carbocycles. The highest BCUT2D eigenvalue weighted by Gasteiger charge is 2.33. The van der Waals surface area contributed by atoms with E-state index < -0.39 is 8.32 Å². The van der Waals surface area contributed by atoms with Crippen molar-refractivity contribution in [1.29, 1.82) is 0 Å². The third-order valence-electron chi connectivity index (χ3n) is 3.53. The van der Waals surface area contributed by atoms with Crippen LogP contribution in [0.4, 0.5) is 0 Å². The Balaban J connectivity index is 4.68. The normalized spacial score (nSPS) is 15.5. The SMILES string of the molecule is C=CC[C@H](O[Si](CC)(CC)CC)[C@@H](C)C=O. The highest BCUT2D eigenvalue weighted by molar-refractivity contribution is 6.73. The third kappa shape index (κ3) is 4.22. The molecule has 0 saturated heterocycles. The number of rotatable bonds is 9. The van der Waals surface area contributed by atoms with Crippen LogP contribution in [0.2, 0.25) is 18.1 Å². The van der Waals surface area contributed by atoms with Crippen LogP contribution in [0.15, 0.2) is 12.7 Å². The van der Waals surface area contributed by atoms with Crippen molar-refractivity contribution < 1.29 is 9.22 Å². The summed E-state index contributed by atoms with van der Waals surface area (Å²) in [5, 5.41) is 0. The Kier molecular flexibility index (Phi) is 7.59. The summed E-state index contributed by atoms with van der Waals surface area (Å²) in [5.74, 6) is -0.0328. The molecule has 0 amide bonds. The summed E-state index contributed by atoms with van der Waals surface area (Å²) in [7, 11) is -1.60. The molecule has 2 atom stereocenters. The minimum atomic E-state index is -1.60. The van der Waals surface area contributed by atoms with Crippen LogP contribution in [0.25, 0.3) is 0 Å². The highest BCUT2D eigenvalue weighted by atomic mass is 28.4. The van der Waals surface area contributed by atoms with Gasteiger partial charge in [-0.1, -0.05) is 33.8 Å². The van der Waals surface area contributed by atoms with E-state index in [1.807, 2.05) is 13.0 Å². The molecule has 94 valence electrons. The Labute approximate surface area is 101 Å². The lowest BCUT2D eigenvalue weighted by Gasteiger charge is -2.34. The Morgan fingerprint density at radius 1 is 1.25 bits per heavy atom. The standard InChI is InChI=1S/C13H26O2Si/c1-6-10-13(12(5)11-14)15-16(7-2,8-3)9-4/h6,11-13H,1,7-10H2,2-5H3/t12-,13-/m0/s1. The van der Waals surface area contributed by atoms with Crippen molar-refractivity contribution in [2.75, 3.05) is 0 Å². The largest absolute Gasteiger partial charge is 0.413 e. The molecule has 0 bridgehead atoms. The van der Waals surface area contributed by atoms with Crippen molar-refractivity contribution in [1.82, 2.24) is 0 Å². The van der Waals surface area contributed by atoms with Crippen LogP contribution in [0.3, 0.4) is 0 Å². The molecule has 3 heteroatoms. The fraction of sp³-hybridized carbons (Fsp3) is 0.769. The van der Waals surface area contributed by atoms with Crippen LogP contribution in [-0.2, 0) is 9.22 Å². The number of aldehydes is 1. The first-order chi connectivity index (χ1) is 7.59. The van der Waals surface area contributed by atoms with Crippen LogP contribution in [-0.4, -0.2) is 20.7 Å². The quantitative estimate of drug-likeness (QED) is 0.349. The van der Waals surface area contributed by atoms with E-state index >= 15 is 0 Å². The average Bonchev–Trinajstić information content (AvgIpc) is 2.34. The summed E-state index contributed by atoms with van der Waals surface area (Å²) < 4.78 is 6.32. The predicted octanol–water partition coefficient (Wildman–Crippen LogP) is 3.79. The number of carbonyl (C=O) groups is 1. The van der Waals surface area contributed by atoms with Gasteiger partial charge in [-0.25, -0.2) is 0 Å². The predicted molar refractivity (Wildman–Crippen MR) is 72.1 cm³/mol. The molecule has 0 aromatic rings. The van der Waals surface area contributed by atoms with Crippen LogP contribution in [0.5, 0.6) is 0 Å². The van der Waals surface area contributed by atoms with Gasteiger partial charge in [0.1, 0.15) is 6.29 Å². The Bertz CT molecular complexity index is 204. The van der Waals surface area contributed by atoms with Gasteiger partial charge in [0.25, 0.3) is 0 Å². The van der Waals surface area contributed by atoms with Gasteiger partial charge in [-0.15, -0.1) is 6.58 Å². The molecule has 0 aliphatic rings. The van der Waals surface area contributed by atoms with Gasteiger partial charge in [0.2, 0.25) is 0 Å². The zero-order valence-corrected chi connectivity index (χ0v) is 12.2. The molecule has 0 unspecified atom stereocenters. The van der Waals surface area contributed by atoms with E-state index in [0.717, 1.165) is 30.8 Å². The second-order valence-electron chi connectivity index (χ2n) is 4.42. The summed E-state index contributed by atoms with van der Waals surface area (Å²) in [6.45, 7) is 12.3. The first-order valence-electron chi connectivity index (χ1n) is 6.33. The van der Waals surface area contributed by atoms with E-state index in [9.17, 15) is 4.79 Å². The van der Waals surface area contributed by atoms with Crippen molar-refractivity contribution in [3.63, 3.8) is 0 Å². The zero-order chi connectivity index (χ0) is 12.6. The maximum Gasteiger partial charge on any atom is 0.192 e. The first kappa shape index (κ1) is 15.6. The van der Waals surface area contributed by atoms with Crippen LogP contribution in [0, 0.1) is 5.92 Å². The van der Waals surface area contributed by atoms with Crippen molar-refractivity contribution >= 4 is 14.6 Å². The lowest BCUT2D eigenvalue weighted by molar-refractivity contribution is -0.113. The fourth-order valence-electron chi connectivity index (χ4n) is 1.94. The van der Waals surface area contributed by atoms with Gasteiger partial charge in [0, 0.05) is 5.92 Å². The van der Waals surface area contributed by atoms with Gasteiger partial charge in [-0.2, -0.15) is 0 Å². The van der Waals surface area contributed by atoms with Gasteiger partial charge in [-0.3, -0.25) is 0 Å². The van der Waals surface area contributed by atoms with Crippen molar-refractivity contribution in [2.24, 2.45) is 5.92 Å². The maximum absolute atomic E-state index is 10.9. The molecule has 0 rings (SSSR count). The van der Waals surface area contributed by atoms with E-state index in [2.05, 4.69) is 27.4 Å². The van der Waals surface area contributed by atoms with E-state index in [1.54, 1.807) is 0 Å². The average molecular weight is 242 g/mol. The van der Waals surface area contributed by atoms with Crippen LogP contribution in [0.1, 0.15) is 34.1 Å². The number of hydrogen-bond acceptors (Lipinski definition) is 2. The summed E-state index contributed by atoms with van der Waals surface area (Å²) in [6.07, 6.45) is 3.65. The summed E-state index contributed by atoms with van der Waals surface area (Å²) in [5.41, 5.74) is 0. The summed E-state index contributed by atoms with van der Waals surface area (Å²) >= 11 is 0. The fourth-order valence-corrected chi connectivity index (χ4v) is 4.90. The van der Waals surface area contributed by atoms with Gasteiger partial charge in [0.15, 0.2) is 8.32 Å². The third-order valence-corrected chi connectivity index (χ3v) is 8.20. The number of hydrogen-bond donors (Lipinski definition) is 0. The Morgan fingerprint density at radius 3 is 2.06 bits per heavy atom. The first-order valence-corrected chi connectivity index (χ1v) is 8.86. The van der Waals surface area contributed by atoms with E-state index in [1.165, 1.54) is 0 Å². The molecule has 0 N–H and O–H groups in total. The van der Waals surface area contributed by atoms with E-state index in [0.29, 0.717) is 0 Å². The van der Waals surface area contributed by atoms with Crippen LogP contribution < -0.4 is 0 Å². The maximum atomic E-state index is 10.9. The molecule has 16 heavy (non-hydrogen) atoms. The van der Waals surface area contributed by atoms with Gasteiger partial charge >= 0.3 is 0 Å². The highest BCUT2D eigenvalue weighted by Crippen LogP contribution is 2.26. The van der Waals surface area contributed by atoms with Gasteiger partial charge in [-0.05, 0) is 24.6 Å². The lowest BCUT2D eigenvalue weighted by Crippen LogP contribution is -2.42. The molecular weight excluding hydrogens is 216 g/mol. The Morgan fingerprint density at radius 2 is 1.75 bits per heavy atom. The Hall–Kier alpha value is -0.413. The van der Waals surface area contributed by atoms with E-state index in [4.69, 9.17) is 4.43 Å². The monoisotopic (exact) mass is 242 g/mol. The number of carbonyl (C=O) groups excluding carboxylic acids is 1. The molecule has 0 saturated carbocycles. The lowest BCUT2D eigenvalue weighted by atomic mass is 10.0. The molecule has 0 spiro atoms. The molecule has 0 heterocycles. The molecule has 2 nitrogen and oxygen atoms in total. The van der Waals surface area contributed by atoms with Crippen LogP contribution >= 0.6 is 0 Å². The second-order valence-corrected chi connectivity index (χ2v) is 9.14. The zero-order valence-electron chi connectivity index (χ0n) is 11.2. The minimum absolute atomic E-state index is 0.0292. The second kappa shape index (κ2) is 7.79.